The van der Waals surface area contributed by atoms with E-state index in [0.717, 1.165) is 14.9 Å². The lowest BCUT2D eigenvalue weighted by Crippen LogP contribution is -2.14. The second kappa shape index (κ2) is 7.90. The fraction of sp³-hybridized carbons (Fsp3) is 0.188. The second-order valence-corrected chi connectivity index (χ2v) is 6.96. The summed E-state index contributed by atoms with van der Waals surface area (Å²) < 4.78 is 6.26. The quantitative estimate of drug-likeness (QED) is 0.705. The van der Waals surface area contributed by atoms with E-state index < -0.39 is 0 Å². The molecule has 1 N–H and O–H groups in total. The molecule has 1 amide bonds. The van der Waals surface area contributed by atoms with Crippen molar-refractivity contribution >= 4 is 50.9 Å². The summed E-state index contributed by atoms with van der Waals surface area (Å²) in [4.78, 5) is 13.1. The number of carbonyl (C=O) groups excluding carboxylic acids is 1. The molecule has 0 saturated carbocycles. The van der Waals surface area contributed by atoms with Gasteiger partial charge in [0.05, 0.1) is 18.6 Å². The highest BCUT2D eigenvalue weighted by Gasteiger charge is 2.10. The van der Waals surface area contributed by atoms with Crippen LogP contribution >= 0.6 is 39.3 Å². The first kappa shape index (κ1) is 17.2. The molecule has 0 aliphatic rings. The van der Waals surface area contributed by atoms with Gasteiger partial charge in [-0.15, -0.1) is 11.8 Å². The van der Waals surface area contributed by atoms with Gasteiger partial charge in [-0.25, -0.2) is 0 Å². The van der Waals surface area contributed by atoms with E-state index in [9.17, 15) is 4.79 Å². The topological polar surface area (TPSA) is 38.3 Å². The highest BCUT2D eigenvalue weighted by atomic mass is 79.9. The number of methoxy groups -OCH3 is 1. The maximum Gasteiger partial charge on any atom is 0.234 e. The van der Waals surface area contributed by atoms with Crippen LogP contribution in [0.3, 0.4) is 0 Å². The predicted molar refractivity (Wildman–Crippen MR) is 96.2 cm³/mol. The number of anilines is 1. The summed E-state index contributed by atoms with van der Waals surface area (Å²) in [6.07, 6.45) is 0. The highest BCUT2D eigenvalue weighted by Crippen LogP contribution is 2.31. The number of benzene rings is 2. The number of rotatable bonds is 5. The van der Waals surface area contributed by atoms with E-state index >= 15 is 0 Å². The molecule has 0 unspecified atom stereocenters. The molecular weight excluding hydrogens is 386 g/mol. The first-order chi connectivity index (χ1) is 10.5. The lowest BCUT2D eigenvalue weighted by molar-refractivity contribution is -0.113. The first-order valence-electron chi connectivity index (χ1n) is 6.52. The maximum atomic E-state index is 12.1. The molecule has 0 aliphatic carbocycles. The van der Waals surface area contributed by atoms with Crippen molar-refractivity contribution in [2.24, 2.45) is 0 Å². The van der Waals surface area contributed by atoms with Gasteiger partial charge in [-0.1, -0.05) is 27.5 Å². The van der Waals surface area contributed by atoms with Crippen molar-refractivity contribution < 1.29 is 9.53 Å². The minimum Gasteiger partial charge on any atom is -0.495 e. The number of nitrogens with one attached hydrogen (secondary N) is 1. The second-order valence-electron chi connectivity index (χ2n) is 4.59. The Labute approximate surface area is 147 Å². The van der Waals surface area contributed by atoms with Gasteiger partial charge < -0.3 is 10.1 Å². The molecule has 2 aromatic rings. The minimum absolute atomic E-state index is 0.0899. The molecule has 116 valence electrons. The van der Waals surface area contributed by atoms with Crippen LogP contribution in [0.5, 0.6) is 5.75 Å². The van der Waals surface area contributed by atoms with Crippen LogP contribution in [0.15, 0.2) is 45.8 Å². The smallest absolute Gasteiger partial charge is 0.234 e. The van der Waals surface area contributed by atoms with Gasteiger partial charge in [-0.3, -0.25) is 4.79 Å². The van der Waals surface area contributed by atoms with E-state index in [1.807, 2.05) is 37.3 Å². The van der Waals surface area contributed by atoms with Crippen molar-refractivity contribution in [1.29, 1.82) is 0 Å². The summed E-state index contributed by atoms with van der Waals surface area (Å²) in [5, 5.41) is 3.47. The van der Waals surface area contributed by atoms with Gasteiger partial charge in [-0.2, -0.15) is 0 Å². The van der Waals surface area contributed by atoms with Crippen molar-refractivity contribution in [2.75, 3.05) is 18.2 Å². The van der Waals surface area contributed by atoms with Crippen LogP contribution < -0.4 is 10.1 Å². The summed E-state index contributed by atoms with van der Waals surface area (Å²) >= 11 is 10.9. The third-order valence-electron chi connectivity index (χ3n) is 2.94. The average Bonchev–Trinajstić information content (AvgIpc) is 2.50. The van der Waals surface area contributed by atoms with Gasteiger partial charge in [0.25, 0.3) is 0 Å². The molecule has 3 nitrogen and oxygen atoms in total. The van der Waals surface area contributed by atoms with Crippen LogP contribution in [0.2, 0.25) is 5.02 Å². The number of ether oxygens (including phenoxy) is 1. The fourth-order valence-corrected chi connectivity index (χ4v) is 2.91. The SMILES string of the molecule is COc1cc(Cl)c(C)cc1NC(=O)CSc1ccc(Br)cc1. The van der Waals surface area contributed by atoms with E-state index in [4.69, 9.17) is 16.3 Å². The number of amides is 1. The number of thioether (sulfide) groups is 1. The number of carbonyl (C=O) groups is 1. The standard InChI is InChI=1S/C16H15BrClNO2S/c1-10-7-14(15(21-2)8-13(10)18)19-16(20)9-22-12-5-3-11(17)4-6-12/h3-8H,9H2,1-2H3,(H,19,20). The molecule has 0 aliphatic heterocycles. The normalized spacial score (nSPS) is 10.4. The van der Waals surface area contributed by atoms with Crippen LogP contribution in [-0.2, 0) is 4.79 Å². The van der Waals surface area contributed by atoms with Crippen LogP contribution in [0.1, 0.15) is 5.56 Å². The lowest BCUT2D eigenvalue weighted by atomic mass is 10.2. The minimum atomic E-state index is -0.0899. The zero-order chi connectivity index (χ0) is 16.1. The highest BCUT2D eigenvalue weighted by molar-refractivity contribution is 9.10. The molecule has 0 radical (unpaired) electrons. The van der Waals surface area contributed by atoms with E-state index in [0.29, 0.717) is 22.2 Å². The number of hydrogen-bond acceptors (Lipinski definition) is 3. The van der Waals surface area contributed by atoms with Crippen molar-refractivity contribution in [1.82, 2.24) is 0 Å². The summed E-state index contributed by atoms with van der Waals surface area (Å²) in [6.45, 7) is 1.88. The molecule has 22 heavy (non-hydrogen) atoms. The largest absolute Gasteiger partial charge is 0.495 e. The molecule has 2 aromatic carbocycles. The molecule has 0 bridgehead atoms. The number of aryl methyl sites for hydroxylation is 1. The number of hydrogen-bond donors (Lipinski definition) is 1. The third-order valence-corrected chi connectivity index (χ3v) is 4.89. The molecule has 0 fully saturated rings. The van der Waals surface area contributed by atoms with Crippen LogP contribution in [0.4, 0.5) is 5.69 Å². The van der Waals surface area contributed by atoms with E-state index in [-0.39, 0.29) is 5.91 Å². The Kier molecular flexibility index (Phi) is 6.17. The monoisotopic (exact) mass is 399 g/mol. The van der Waals surface area contributed by atoms with Gasteiger partial charge in [0, 0.05) is 20.5 Å². The Morgan fingerprint density at radius 3 is 2.64 bits per heavy atom. The Hall–Kier alpha value is -1.17. The van der Waals surface area contributed by atoms with E-state index in [1.165, 1.54) is 11.8 Å². The first-order valence-corrected chi connectivity index (χ1v) is 8.67. The maximum absolute atomic E-state index is 12.1. The summed E-state index contributed by atoms with van der Waals surface area (Å²) in [5.41, 5.74) is 1.52. The zero-order valence-corrected chi connectivity index (χ0v) is 15.3. The number of halogens is 2. The molecule has 2 rings (SSSR count). The van der Waals surface area contributed by atoms with Crippen LogP contribution in [-0.4, -0.2) is 18.8 Å². The molecule has 0 aromatic heterocycles. The third kappa shape index (κ3) is 4.66. The van der Waals surface area contributed by atoms with Crippen molar-refractivity contribution in [3.05, 3.63) is 51.5 Å². The molecule has 0 saturated heterocycles. The molecule has 0 atom stereocenters. The van der Waals surface area contributed by atoms with Crippen molar-refractivity contribution in [3.8, 4) is 5.75 Å². The molecule has 0 spiro atoms. The van der Waals surface area contributed by atoms with Gasteiger partial charge in [-0.05, 0) is 42.8 Å². The summed E-state index contributed by atoms with van der Waals surface area (Å²) in [7, 11) is 1.55. The van der Waals surface area contributed by atoms with Gasteiger partial charge >= 0.3 is 0 Å². The summed E-state index contributed by atoms with van der Waals surface area (Å²) in [5.74, 6) is 0.789. The lowest BCUT2D eigenvalue weighted by Gasteiger charge is -2.12. The van der Waals surface area contributed by atoms with Crippen LogP contribution in [0.25, 0.3) is 0 Å². The van der Waals surface area contributed by atoms with Crippen LogP contribution in [0, 0.1) is 6.92 Å². The molecular formula is C16H15BrClNO2S. The van der Waals surface area contributed by atoms with Gasteiger partial charge in [0.15, 0.2) is 0 Å². The van der Waals surface area contributed by atoms with E-state index in [2.05, 4.69) is 21.2 Å². The van der Waals surface area contributed by atoms with Gasteiger partial charge in [0.1, 0.15) is 5.75 Å². The molecule has 6 heteroatoms. The molecule has 0 heterocycles. The van der Waals surface area contributed by atoms with Crippen molar-refractivity contribution in [3.63, 3.8) is 0 Å². The fourth-order valence-electron chi connectivity index (χ4n) is 1.80. The summed E-state index contributed by atoms with van der Waals surface area (Å²) in [6, 6.07) is 11.3. The Morgan fingerprint density at radius 2 is 2.00 bits per heavy atom. The Morgan fingerprint density at radius 1 is 1.32 bits per heavy atom. The Bertz CT molecular complexity index is 677. The zero-order valence-electron chi connectivity index (χ0n) is 12.2. The van der Waals surface area contributed by atoms with Crippen molar-refractivity contribution in [2.45, 2.75) is 11.8 Å². The average molecular weight is 401 g/mol. The Balaban J connectivity index is 2.00. The van der Waals surface area contributed by atoms with Gasteiger partial charge in [0.2, 0.25) is 5.91 Å². The predicted octanol–water partition coefficient (Wildman–Crippen LogP) is 5.15. The van der Waals surface area contributed by atoms with E-state index in [1.54, 1.807) is 13.2 Å².